The maximum Gasteiger partial charge on any atom is 0.108 e. The summed E-state index contributed by atoms with van der Waals surface area (Å²) in [5, 5.41) is 0. The average Bonchev–Trinajstić information content (AvgIpc) is 3.30. The zero-order chi connectivity index (χ0) is 26.2. The van der Waals surface area contributed by atoms with Crippen molar-refractivity contribution in [1.29, 1.82) is 0 Å². The van der Waals surface area contributed by atoms with Gasteiger partial charge in [-0.3, -0.25) is 0 Å². The molecule has 2 nitrogen and oxygen atoms in total. The van der Waals surface area contributed by atoms with E-state index in [2.05, 4.69) is 54.9 Å². The molecule has 0 radical (unpaired) electrons. The minimum atomic E-state index is 1.10. The highest BCUT2D eigenvalue weighted by molar-refractivity contribution is 5.15. The third-order valence-corrected chi connectivity index (χ3v) is 7.91. The molecule has 0 saturated carbocycles. The molecule has 0 saturated heterocycles. The number of imidazole rings is 1. The Kier molecular flexibility index (Phi) is 19.2. The topological polar surface area (TPSA) is 17.8 Å². The molecule has 0 N–H and O–H groups in total. The fourth-order valence-corrected chi connectivity index (χ4v) is 5.51. The standard InChI is InChI=1S/C35H60N2/c1-3-5-7-9-11-13-14-15-17-19-24-31-37-32-34(29-25-28-33-26-21-20-22-27-33)36-35(37)30-23-18-16-12-10-8-6-4-2/h20-22,26-27,32H,3-19,23-25,28-31H2,1-2H3. The minimum Gasteiger partial charge on any atom is -0.335 e. The first-order chi connectivity index (χ1) is 18.3. The second-order valence-electron chi connectivity index (χ2n) is 11.4. The molecular weight excluding hydrogens is 448 g/mol. The maximum absolute atomic E-state index is 5.13. The lowest BCUT2D eigenvalue weighted by Gasteiger charge is -2.08. The first-order valence-electron chi connectivity index (χ1n) is 16.4. The van der Waals surface area contributed by atoms with Crippen molar-refractivity contribution in [3.05, 3.63) is 53.6 Å². The average molecular weight is 509 g/mol. The smallest absolute Gasteiger partial charge is 0.108 e. The Balaban J connectivity index is 1.69. The van der Waals surface area contributed by atoms with E-state index in [4.69, 9.17) is 4.98 Å². The lowest BCUT2D eigenvalue weighted by molar-refractivity contribution is 0.520. The highest BCUT2D eigenvalue weighted by atomic mass is 15.1. The van der Waals surface area contributed by atoms with Gasteiger partial charge in [0.15, 0.2) is 0 Å². The second-order valence-corrected chi connectivity index (χ2v) is 11.4. The third kappa shape index (κ3) is 16.1. The van der Waals surface area contributed by atoms with Crippen LogP contribution in [0.4, 0.5) is 0 Å². The van der Waals surface area contributed by atoms with E-state index in [-0.39, 0.29) is 0 Å². The molecule has 2 rings (SSSR count). The molecule has 0 atom stereocenters. The van der Waals surface area contributed by atoms with Crippen molar-refractivity contribution in [2.24, 2.45) is 0 Å². The van der Waals surface area contributed by atoms with E-state index in [1.165, 1.54) is 145 Å². The van der Waals surface area contributed by atoms with Crippen molar-refractivity contribution in [2.75, 3.05) is 0 Å². The van der Waals surface area contributed by atoms with E-state index in [1.54, 1.807) is 0 Å². The van der Waals surface area contributed by atoms with Crippen LogP contribution in [-0.4, -0.2) is 9.55 Å². The Hall–Kier alpha value is -1.57. The van der Waals surface area contributed by atoms with Crippen LogP contribution in [0.15, 0.2) is 36.5 Å². The molecule has 1 aromatic carbocycles. The van der Waals surface area contributed by atoms with Gasteiger partial charge in [0.05, 0.1) is 5.69 Å². The second kappa shape index (κ2) is 22.4. The molecule has 0 bridgehead atoms. The van der Waals surface area contributed by atoms with Crippen molar-refractivity contribution in [1.82, 2.24) is 9.55 Å². The van der Waals surface area contributed by atoms with Gasteiger partial charge in [0.2, 0.25) is 0 Å². The Morgan fingerprint density at radius 2 is 1.03 bits per heavy atom. The molecule has 0 amide bonds. The van der Waals surface area contributed by atoms with Crippen LogP contribution >= 0.6 is 0 Å². The van der Waals surface area contributed by atoms with Gasteiger partial charge in [0.1, 0.15) is 5.82 Å². The SMILES string of the molecule is CCCCCCCCCCCCCn1cc(CCCc2ccccc2)nc1CCCCCCCCCC. The molecule has 1 heterocycles. The van der Waals surface area contributed by atoms with E-state index in [1.807, 2.05) is 0 Å². The molecule has 0 aliphatic rings. The van der Waals surface area contributed by atoms with Crippen molar-refractivity contribution < 1.29 is 0 Å². The zero-order valence-corrected chi connectivity index (χ0v) is 24.8. The molecule has 0 unspecified atom stereocenters. The first kappa shape index (κ1) is 31.6. The van der Waals surface area contributed by atoms with Gasteiger partial charge in [-0.25, -0.2) is 4.98 Å². The number of hydrogen-bond acceptors (Lipinski definition) is 1. The van der Waals surface area contributed by atoms with E-state index < -0.39 is 0 Å². The highest BCUT2D eigenvalue weighted by Crippen LogP contribution is 2.16. The number of unbranched alkanes of at least 4 members (excludes halogenated alkanes) is 17. The van der Waals surface area contributed by atoms with Gasteiger partial charge < -0.3 is 4.57 Å². The van der Waals surface area contributed by atoms with Crippen LogP contribution in [0.25, 0.3) is 0 Å². The van der Waals surface area contributed by atoms with E-state index >= 15 is 0 Å². The maximum atomic E-state index is 5.13. The molecule has 0 spiro atoms. The molecule has 0 aliphatic heterocycles. The molecule has 37 heavy (non-hydrogen) atoms. The number of rotatable bonds is 25. The number of hydrogen-bond donors (Lipinski definition) is 0. The van der Waals surface area contributed by atoms with Crippen LogP contribution in [0, 0.1) is 0 Å². The summed E-state index contributed by atoms with van der Waals surface area (Å²) in [5.41, 5.74) is 2.76. The van der Waals surface area contributed by atoms with Gasteiger partial charge >= 0.3 is 0 Å². The number of aryl methyl sites for hydroxylation is 4. The zero-order valence-electron chi connectivity index (χ0n) is 24.8. The monoisotopic (exact) mass is 508 g/mol. The lowest BCUT2D eigenvalue weighted by Crippen LogP contribution is -2.03. The molecule has 210 valence electrons. The van der Waals surface area contributed by atoms with Crippen molar-refractivity contribution >= 4 is 0 Å². The molecule has 1 aromatic heterocycles. The van der Waals surface area contributed by atoms with Crippen LogP contribution in [0.1, 0.15) is 159 Å². The van der Waals surface area contributed by atoms with E-state index in [0.717, 1.165) is 25.8 Å². The van der Waals surface area contributed by atoms with Crippen LogP contribution in [0.5, 0.6) is 0 Å². The molecule has 0 aliphatic carbocycles. The Morgan fingerprint density at radius 3 is 1.59 bits per heavy atom. The Bertz CT molecular complexity index is 748. The molecule has 2 heteroatoms. The fraction of sp³-hybridized carbons (Fsp3) is 0.743. The van der Waals surface area contributed by atoms with Crippen molar-refractivity contribution in [3.63, 3.8) is 0 Å². The fourth-order valence-electron chi connectivity index (χ4n) is 5.51. The summed E-state index contributed by atoms with van der Waals surface area (Å²) in [6, 6.07) is 10.9. The molecule has 2 aromatic rings. The highest BCUT2D eigenvalue weighted by Gasteiger charge is 2.08. The third-order valence-electron chi connectivity index (χ3n) is 7.91. The van der Waals surface area contributed by atoms with E-state index in [9.17, 15) is 0 Å². The van der Waals surface area contributed by atoms with Gasteiger partial charge in [-0.1, -0.05) is 153 Å². The number of aromatic nitrogens is 2. The Labute approximate surface area is 231 Å². The van der Waals surface area contributed by atoms with Gasteiger partial charge in [0.25, 0.3) is 0 Å². The summed E-state index contributed by atoms with van der Waals surface area (Å²) in [6.45, 7) is 5.76. The summed E-state index contributed by atoms with van der Waals surface area (Å²) in [6.07, 6.45) is 33.6. The first-order valence-corrected chi connectivity index (χ1v) is 16.4. The molecular formula is C35H60N2. The summed E-state index contributed by atoms with van der Waals surface area (Å²) in [4.78, 5) is 5.13. The van der Waals surface area contributed by atoms with Crippen molar-refractivity contribution in [3.8, 4) is 0 Å². The van der Waals surface area contributed by atoms with Gasteiger partial charge in [0, 0.05) is 19.2 Å². The van der Waals surface area contributed by atoms with E-state index in [0.29, 0.717) is 0 Å². The van der Waals surface area contributed by atoms with Crippen LogP contribution < -0.4 is 0 Å². The summed E-state index contributed by atoms with van der Waals surface area (Å²) >= 11 is 0. The number of benzene rings is 1. The lowest BCUT2D eigenvalue weighted by atomic mass is 10.1. The van der Waals surface area contributed by atoms with Crippen LogP contribution in [0.3, 0.4) is 0 Å². The van der Waals surface area contributed by atoms with Crippen LogP contribution in [-0.2, 0) is 25.8 Å². The minimum absolute atomic E-state index is 1.10. The normalized spacial score (nSPS) is 11.4. The van der Waals surface area contributed by atoms with Gasteiger partial charge in [-0.15, -0.1) is 0 Å². The number of nitrogens with zero attached hydrogens (tertiary/aromatic N) is 2. The van der Waals surface area contributed by atoms with Crippen molar-refractivity contribution in [2.45, 2.75) is 168 Å². The predicted molar refractivity (Wildman–Crippen MR) is 163 cm³/mol. The van der Waals surface area contributed by atoms with Gasteiger partial charge in [-0.2, -0.15) is 0 Å². The predicted octanol–water partition coefficient (Wildman–Crippen LogP) is 11.1. The summed E-state index contributed by atoms with van der Waals surface area (Å²) in [5.74, 6) is 1.35. The van der Waals surface area contributed by atoms with Gasteiger partial charge in [-0.05, 0) is 37.7 Å². The largest absolute Gasteiger partial charge is 0.335 e. The van der Waals surface area contributed by atoms with Crippen LogP contribution in [0.2, 0.25) is 0 Å². The summed E-state index contributed by atoms with van der Waals surface area (Å²) < 4.78 is 2.52. The Morgan fingerprint density at radius 1 is 0.514 bits per heavy atom. The quantitative estimate of drug-likeness (QED) is 0.122. The molecule has 0 fully saturated rings. The summed E-state index contributed by atoms with van der Waals surface area (Å²) in [7, 11) is 0.